The minimum absolute atomic E-state index is 0. The van der Waals surface area contributed by atoms with Crippen LogP contribution in [0.1, 0.15) is 30.0 Å². The van der Waals surface area contributed by atoms with Gasteiger partial charge in [0.25, 0.3) is 0 Å². The lowest BCUT2D eigenvalue weighted by molar-refractivity contribution is 0.313. The maximum absolute atomic E-state index is 11.5. The van der Waals surface area contributed by atoms with Crippen LogP contribution in [0.4, 0.5) is 0 Å². The van der Waals surface area contributed by atoms with E-state index in [2.05, 4.69) is 22.5 Å². The van der Waals surface area contributed by atoms with Crippen LogP contribution >= 0.6 is 24.0 Å². The molecule has 2 aromatic rings. The van der Waals surface area contributed by atoms with Crippen LogP contribution in [0.2, 0.25) is 0 Å². The lowest BCUT2D eigenvalue weighted by Gasteiger charge is -2.15. The molecule has 2 aromatic carbocycles. The summed E-state index contributed by atoms with van der Waals surface area (Å²) in [6, 6.07) is 12.6. The second-order valence-corrected chi connectivity index (χ2v) is 7.99. The van der Waals surface area contributed by atoms with Crippen molar-refractivity contribution in [1.29, 1.82) is 0 Å². The Morgan fingerprint density at radius 1 is 1.14 bits per heavy atom. The predicted octanol–water partition coefficient (Wildman–Crippen LogP) is 2.91. The van der Waals surface area contributed by atoms with Gasteiger partial charge in [-0.2, -0.15) is 0 Å². The molecule has 0 heterocycles. The SMILES string of the molecule is CCCOc1cc(C)ccc1CNC(=NC)NCc1cccc(S(N)(=O)=O)c1.I. The van der Waals surface area contributed by atoms with Crippen molar-refractivity contribution in [1.82, 2.24) is 10.6 Å². The average Bonchev–Trinajstić information content (AvgIpc) is 2.67. The molecule has 4 N–H and O–H groups in total. The minimum Gasteiger partial charge on any atom is -0.493 e. The topological polar surface area (TPSA) is 106 Å². The molecule has 0 saturated heterocycles. The van der Waals surface area contributed by atoms with Gasteiger partial charge in [-0.1, -0.05) is 31.2 Å². The van der Waals surface area contributed by atoms with Crippen molar-refractivity contribution in [3.63, 3.8) is 0 Å². The standard InChI is InChI=1S/C20H28N4O3S.HI/c1-4-10-27-19-11-15(2)8-9-17(19)14-24-20(22-3)23-13-16-6-5-7-18(12-16)28(21,25)26;/h5-9,11-12H,4,10,13-14H2,1-3H3,(H2,21,25,26)(H2,22,23,24);1H. The summed E-state index contributed by atoms with van der Waals surface area (Å²) in [5.41, 5.74) is 2.97. The molecule has 0 atom stereocenters. The van der Waals surface area contributed by atoms with E-state index in [0.29, 0.717) is 25.7 Å². The van der Waals surface area contributed by atoms with E-state index in [1.165, 1.54) is 6.07 Å². The number of aryl methyl sites for hydroxylation is 1. The molecular formula is C20H29IN4O3S. The van der Waals surface area contributed by atoms with E-state index in [1.54, 1.807) is 19.2 Å². The molecule has 2 rings (SSSR count). The van der Waals surface area contributed by atoms with Gasteiger partial charge in [-0.3, -0.25) is 4.99 Å². The van der Waals surface area contributed by atoms with E-state index in [4.69, 9.17) is 9.88 Å². The van der Waals surface area contributed by atoms with E-state index < -0.39 is 10.0 Å². The van der Waals surface area contributed by atoms with Crippen LogP contribution in [0.3, 0.4) is 0 Å². The Labute approximate surface area is 190 Å². The van der Waals surface area contributed by atoms with Gasteiger partial charge in [0, 0.05) is 25.7 Å². The van der Waals surface area contributed by atoms with Gasteiger partial charge in [0.1, 0.15) is 5.75 Å². The lowest BCUT2D eigenvalue weighted by Crippen LogP contribution is -2.36. The Bertz CT molecular complexity index is 933. The smallest absolute Gasteiger partial charge is 0.238 e. The van der Waals surface area contributed by atoms with Gasteiger partial charge in [0.2, 0.25) is 10.0 Å². The second-order valence-electron chi connectivity index (χ2n) is 6.43. The third kappa shape index (κ3) is 8.19. The van der Waals surface area contributed by atoms with Gasteiger partial charge < -0.3 is 15.4 Å². The summed E-state index contributed by atoms with van der Waals surface area (Å²) in [4.78, 5) is 4.30. The fourth-order valence-corrected chi connectivity index (χ4v) is 3.16. The molecule has 29 heavy (non-hydrogen) atoms. The Kier molecular flexibility index (Phi) is 10.4. The molecule has 0 aliphatic carbocycles. The van der Waals surface area contributed by atoms with Gasteiger partial charge >= 0.3 is 0 Å². The van der Waals surface area contributed by atoms with Gasteiger partial charge in [-0.15, -0.1) is 24.0 Å². The Morgan fingerprint density at radius 3 is 2.52 bits per heavy atom. The summed E-state index contributed by atoms with van der Waals surface area (Å²) < 4.78 is 28.8. The maximum Gasteiger partial charge on any atom is 0.238 e. The second kappa shape index (κ2) is 12.0. The third-order valence-electron chi connectivity index (χ3n) is 4.04. The van der Waals surface area contributed by atoms with Gasteiger partial charge in [-0.25, -0.2) is 13.6 Å². The molecule has 0 aliphatic heterocycles. The molecule has 0 amide bonds. The number of halogens is 1. The van der Waals surface area contributed by atoms with E-state index in [-0.39, 0.29) is 28.9 Å². The van der Waals surface area contributed by atoms with Crippen LogP contribution in [-0.2, 0) is 23.1 Å². The first-order valence-electron chi connectivity index (χ1n) is 9.12. The zero-order valence-electron chi connectivity index (χ0n) is 16.9. The maximum atomic E-state index is 11.5. The Balaban J connectivity index is 0.00000420. The van der Waals surface area contributed by atoms with Crippen LogP contribution in [0.15, 0.2) is 52.4 Å². The number of ether oxygens (including phenoxy) is 1. The average molecular weight is 532 g/mol. The van der Waals surface area contributed by atoms with Crippen LogP contribution in [0, 0.1) is 6.92 Å². The van der Waals surface area contributed by atoms with Gasteiger partial charge in [0.15, 0.2) is 5.96 Å². The first kappa shape index (κ1) is 25.2. The largest absolute Gasteiger partial charge is 0.493 e. The number of aliphatic imine (C=N–C) groups is 1. The monoisotopic (exact) mass is 532 g/mol. The quantitative estimate of drug-likeness (QED) is 0.276. The summed E-state index contributed by atoms with van der Waals surface area (Å²) >= 11 is 0. The van der Waals surface area contributed by atoms with Crippen LogP contribution in [0.25, 0.3) is 0 Å². The van der Waals surface area contributed by atoms with Gasteiger partial charge in [0.05, 0.1) is 11.5 Å². The zero-order valence-corrected chi connectivity index (χ0v) is 20.1. The molecule has 0 unspecified atom stereocenters. The summed E-state index contributed by atoms with van der Waals surface area (Å²) in [5, 5.41) is 11.6. The number of nitrogens with one attached hydrogen (secondary N) is 2. The third-order valence-corrected chi connectivity index (χ3v) is 4.95. The fourth-order valence-electron chi connectivity index (χ4n) is 2.57. The van der Waals surface area contributed by atoms with E-state index in [0.717, 1.165) is 28.9 Å². The number of primary sulfonamides is 1. The van der Waals surface area contributed by atoms with Crippen molar-refractivity contribution in [3.8, 4) is 5.75 Å². The van der Waals surface area contributed by atoms with Crippen molar-refractivity contribution in [2.24, 2.45) is 10.1 Å². The molecule has 0 fully saturated rings. The highest BCUT2D eigenvalue weighted by Gasteiger charge is 2.09. The van der Waals surface area contributed by atoms with Crippen molar-refractivity contribution in [3.05, 3.63) is 59.2 Å². The number of rotatable bonds is 8. The normalized spacial score (nSPS) is 11.5. The molecule has 0 radical (unpaired) electrons. The summed E-state index contributed by atoms with van der Waals surface area (Å²) in [7, 11) is -2.04. The zero-order chi connectivity index (χ0) is 20.6. The van der Waals surface area contributed by atoms with E-state index in [9.17, 15) is 8.42 Å². The summed E-state index contributed by atoms with van der Waals surface area (Å²) in [6.45, 7) is 5.74. The van der Waals surface area contributed by atoms with Crippen molar-refractivity contribution < 1.29 is 13.2 Å². The van der Waals surface area contributed by atoms with Crippen molar-refractivity contribution >= 4 is 40.0 Å². The Morgan fingerprint density at radius 2 is 1.86 bits per heavy atom. The van der Waals surface area contributed by atoms with Crippen LogP contribution < -0.4 is 20.5 Å². The molecule has 0 saturated carbocycles. The number of benzene rings is 2. The van der Waals surface area contributed by atoms with Crippen molar-refractivity contribution in [2.45, 2.75) is 38.3 Å². The summed E-state index contributed by atoms with van der Waals surface area (Å²) in [5.74, 6) is 1.47. The molecule has 0 bridgehead atoms. The molecule has 7 nitrogen and oxygen atoms in total. The van der Waals surface area contributed by atoms with E-state index >= 15 is 0 Å². The number of nitrogens with two attached hydrogens (primary N) is 1. The summed E-state index contributed by atoms with van der Waals surface area (Å²) in [6.07, 6.45) is 0.946. The van der Waals surface area contributed by atoms with Gasteiger partial charge in [-0.05, 0) is 42.7 Å². The molecule has 9 heteroatoms. The highest BCUT2D eigenvalue weighted by molar-refractivity contribution is 14.0. The molecule has 0 spiro atoms. The highest BCUT2D eigenvalue weighted by atomic mass is 127. The Hall–Kier alpha value is -1.85. The predicted molar refractivity (Wildman–Crippen MR) is 127 cm³/mol. The molecular weight excluding hydrogens is 503 g/mol. The molecule has 160 valence electrons. The van der Waals surface area contributed by atoms with E-state index in [1.807, 2.05) is 31.2 Å². The molecule has 0 aliphatic rings. The molecule has 0 aromatic heterocycles. The number of sulfonamides is 1. The number of hydrogen-bond acceptors (Lipinski definition) is 4. The van der Waals surface area contributed by atoms with Crippen LogP contribution in [-0.4, -0.2) is 28.0 Å². The van der Waals surface area contributed by atoms with Crippen molar-refractivity contribution in [2.75, 3.05) is 13.7 Å². The van der Waals surface area contributed by atoms with Crippen LogP contribution in [0.5, 0.6) is 5.75 Å². The number of hydrogen-bond donors (Lipinski definition) is 3. The number of guanidine groups is 1. The lowest BCUT2D eigenvalue weighted by atomic mass is 10.1. The number of nitrogens with zero attached hydrogens (tertiary/aromatic N) is 1. The minimum atomic E-state index is -3.72. The fraction of sp³-hybridized carbons (Fsp3) is 0.350. The first-order valence-corrected chi connectivity index (χ1v) is 10.7. The first-order chi connectivity index (χ1) is 13.3. The highest BCUT2D eigenvalue weighted by Crippen LogP contribution is 2.20.